The van der Waals surface area contributed by atoms with Crippen molar-refractivity contribution in [1.82, 2.24) is 5.32 Å². The summed E-state index contributed by atoms with van der Waals surface area (Å²) in [4.78, 5) is 0. The lowest BCUT2D eigenvalue weighted by Crippen LogP contribution is -2.38. The number of halogens is 2. The molecule has 2 unspecified atom stereocenters. The van der Waals surface area contributed by atoms with Crippen molar-refractivity contribution in [3.63, 3.8) is 0 Å². The summed E-state index contributed by atoms with van der Waals surface area (Å²) in [7, 11) is 0. The van der Waals surface area contributed by atoms with Gasteiger partial charge in [-0.15, -0.1) is 0 Å². The van der Waals surface area contributed by atoms with Gasteiger partial charge >= 0.3 is 0 Å². The van der Waals surface area contributed by atoms with Crippen molar-refractivity contribution in [2.75, 3.05) is 12.3 Å². The number of hydrogen-bond donors (Lipinski definition) is 1. The molecule has 0 bridgehead atoms. The molecule has 0 amide bonds. The quantitative estimate of drug-likeness (QED) is 0.882. The lowest BCUT2D eigenvalue weighted by molar-refractivity contribution is 0.494. The van der Waals surface area contributed by atoms with Crippen LogP contribution in [0.4, 0.5) is 4.39 Å². The van der Waals surface area contributed by atoms with Crippen LogP contribution in [-0.4, -0.2) is 23.6 Å². The fraction of sp³-hybridized carbons (Fsp3) is 0.571. The summed E-state index contributed by atoms with van der Waals surface area (Å²) in [6.07, 6.45) is 3.43. The highest BCUT2D eigenvalue weighted by atomic mass is 35.5. The van der Waals surface area contributed by atoms with Crippen molar-refractivity contribution in [3.8, 4) is 0 Å². The van der Waals surface area contributed by atoms with Gasteiger partial charge in [0.05, 0.1) is 5.02 Å². The highest BCUT2D eigenvalue weighted by molar-refractivity contribution is 8.00. The van der Waals surface area contributed by atoms with Crippen LogP contribution in [0.3, 0.4) is 0 Å². The van der Waals surface area contributed by atoms with Crippen LogP contribution >= 0.6 is 23.4 Å². The van der Waals surface area contributed by atoms with E-state index >= 15 is 0 Å². The fourth-order valence-electron chi connectivity index (χ4n) is 2.44. The molecule has 1 aliphatic rings. The molecule has 1 nitrogen and oxygen atoms in total. The SMILES string of the molecule is CCNC(Cc1ccc(Cl)c(F)c1)C1CCCS1. The van der Waals surface area contributed by atoms with E-state index < -0.39 is 0 Å². The number of rotatable bonds is 5. The highest BCUT2D eigenvalue weighted by Crippen LogP contribution is 2.30. The minimum absolute atomic E-state index is 0.203. The molecule has 1 aromatic carbocycles. The average molecular weight is 288 g/mol. The summed E-state index contributed by atoms with van der Waals surface area (Å²) in [5.41, 5.74) is 1.02. The van der Waals surface area contributed by atoms with Crippen molar-refractivity contribution in [3.05, 3.63) is 34.6 Å². The molecule has 0 saturated carbocycles. The van der Waals surface area contributed by atoms with E-state index in [0.717, 1.165) is 18.5 Å². The molecule has 0 radical (unpaired) electrons. The Morgan fingerprint density at radius 3 is 3.00 bits per heavy atom. The second-order valence-electron chi connectivity index (χ2n) is 4.67. The first-order valence-corrected chi connectivity index (χ1v) is 7.92. The van der Waals surface area contributed by atoms with Gasteiger partial charge < -0.3 is 5.32 Å². The zero-order valence-electron chi connectivity index (χ0n) is 10.6. The monoisotopic (exact) mass is 287 g/mol. The maximum atomic E-state index is 13.4. The van der Waals surface area contributed by atoms with Gasteiger partial charge in [0.1, 0.15) is 5.82 Å². The van der Waals surface area contributed by atoms with Gasteiger partial charge in [-0.1, -0.05) is 24.6 Å². The summed E-state index contributed by atoms with van der Waals surface area (Å²) in [5, 5.41) is 4.39. The molecule has 0 aliphatic carbocycles. The molecule has 2 atom stereocenters. The number of likely N-dealkylation sites (N-methyl/N-ethyl adjacent to an activating group) is 1. The maximum absolute atomic E-state index is 13.4. The van der Waals surface area contributed by atoms with Crippen LogP contribution in [0.2, 0.25) is 5.02 Å². The van der Waals surface area contributed by atoms with E-state index in [1.807, 2.05) is 17.8 Å². The molecule has 1 saturated heterocycles. The third kappa shape index (κ3) is 3.62. The van der Waals surface area contributed by atoms with Gasteiger partial charge in [-0.3, -0.25) is 0 Å². The van der Waals surface area contributed by atoms with Gasteiger partial charge in [0.15, 0.2) is 0 Å². The molecule has 1 heterocycles. The lowest BCUT2D eigenvalue weighted by atomic mass is 10.0. The average Bonchev–Trinajstić information content (AvgIpc) is 2.87. The van der Waals surface area contributed by atoms with Crippen LogP contribution in [0.1, 0.15) is 25.3 Å². The van der Waals surface area contributed by atoms with E-state index in [2.05, 4.69) is 12.2 Å². The van der Waals surface area contributed by atoms with Gasteiger partial charge in [0.25, 0.3) is 0 Å². The van der Waals surface area contributed by atoms with E-state index in [0.29, 0.717) is 11.3 Å². The Morgan fingerprint density at radius 2 is 2.39 bits per heavy atom. The number of hydrogen-bond acceptors (Lipinski definition) is 2. The topological polar surface area (TPSA) is 12.0 Å². The third-order valence-electron chi connectivity index (χ3n) is 3.32. The lowest BCUT2D eigenvalue weighted by Gasteiger charge is -2.24. The predicted molar refractivity (Wildman–Crippen MR) is 78.1 cm³/mol. The Kier molecular flexibility index (Phi) is 5.34. The zero-order chi connectivity index (χ0) is 13.0. The van der Waals surface area contributed by atoms with E-state index in [4.69, 9.17) is 11.6 Å². The molecule has 100 valence electrons. The van der Waals surface area contributed by atoms with E-state index in [9.17, 15) is 4.39 Å². The Balaban J connectivity index is 2.04. The first-order chi connectivity index (χ1) is 8.70. The van der Waals surface area contributed by atoms with Crippen molar-refractivity contribution in [2.45, 2.75) is 37.5 Å². The fourth-order valence-corrected chi connectivity index (χ4v) is 3.95. The first kappa shape index (κ1) is 14.2. The van der Waals surface area contributed by atoms with E-state index in [1.54, 1.807) is 12.1 Å². The molecule has 1 aliphatic heterocycles. The highest BCUT2D eigenvalue weighted by Gasteiger charge is 2.25. The van der Waals surface area contributed by atoms with Crippen LogP contribution in [0.25, 0.3) is 0 Å². The summed E-state index contributed by atoms with van der Waals surface area (Å²) in [6.45, 7) is 3.08. The third-order valence-corrected chi connectivity index (χ3v) is 5.14. The molecule has 1 aromatic rings. The Morgan fingerprint density at radius 1 is 1.56 bits per heavy atom. The molecule has 0 spiro atoms. The number of nitrogens with one attached hydrogen (secondary N) is 1. The number of thioether (sulfide) groups is 1. The van der Waals surface area contributed by atoms with Gasteiger partial charge in [-0.2, -0.15) is 11.8 Å². The summed E-state index contributed by atoms with van der Waals surface area (Å²) < 4.78 is 13.4. The summed E-state index contributed by atoms with van der Waals surface area (Å²) in [5.74, 6) is 0.935. The summed E-state index contributed by atoms with van der Waals surface area (Å²) in [6, 6.07) is 5.57. The molecule has 4 heteroatoms. The van der Waals surface area contributed by atoms with Crippen LogP contribution in [0, 0.1) is 5.82 Å². The molecule has 2 rings (SSSR count). The largest absolute Gasteiger partial charge is 0.313 e. The van der Waals surface area contributed by atoms with Crippen molar-refractivity contribution in [1.29, 1.82) is 0 Å². The molecule has 1 N–H and O–H groups in total. The van der Waals surface area contributed by atoms with E-state index in [1.165, 1.54) is 18.6 Å². The predicted octanol–water partition coefficient (Wildman–Crippen LogP) is 3.90. The molecule has 0 aromatic heterocycles. The number of benzene rings is 1. The van der Waals surface area contributed by atoms with Crippen molar-refractivity contribution < 1.29 is 4.39 Å². The van der Waals surface area contributed by atoms with Crippen LogP contribution in [-0.2, 0) is 6.42 Å². The van der Waals surface area contributed by atoms with Gasteiger partial charge in [-0.25, -0.2) is 4.39 Å². The van der Waals surface area contributed by atoms with Gasteiger partial charge in [0, 0.05) is 11.3 Å². The standard InChI is InChI=1S/C14H19ClFNS/c1-2-17-13(14-4-3-7-18-14)9-10-5-6-11(15)12(16)8-10/h5-6,8,13-14,17H,2-4,7,9H2,1H3. The normalized spacial score (nSPS) is 21.2. The van der Waals surface area contributed by atoms with Crippen molar-refractivity contribution in [2.24, 2.45) is 0 Å². The Labute approximate surface area is 117 Å². The first-order valence-electron chi connectivity index (χ1n) is 6.49. The molecular weight excluding hydrogens is 269 g/mol. The van der Waals surface area contributed by atoms with Crippen LogP contribution in [0.5, 0.6) is 0 Å². The Hall–Kier alpha value is -0.250. The van der Waals surface area contributed by atoms with Crippen LogP contribution < -0.4 is 5.32 Å². The minimum Gasteiger partial charge on any atom is -0.313 e. The zero-order valence-corrected chi connectivity index (χ0v) is 12.2. The molecular formula is C14H19ClFNS. The smallest absolute Gasteiger partial charge is 0.142 e. The van der Waals surface area contributed by atoms with Crippen molar-refractivity contribution >= 4 is 23.4 Å². The van der Waals surface area contributed by atoms with Crippen LogP contribution in [0.15, 0.2) is 18.2 Å². The Bertz CT molecular complexity index is 393. The summed E-state index contributed by atoms with van der Waals surface area (Å²) >= 11 is 7.75. The van der Waals surface area contributed by atoms with Gasteiger partial charge in [-0.05, 0) is 49.3 Å². The second kappa shape index (κ2) is 6.78. The molecule has 1 fully saturated rings. The minimum atomic E-state index is -0.316. The second-order valence-corrected chi connectivity index (χ2v) is 6.42. The molecule has 18 heavy (non-hydrogen) atoms. The van der Waals surface area contributed by atoms with Gasteiger partial charge in [0.2, 0.25) is 0 Å². The van der Waals surface area contributed by atoms with E-state index in [-0.39, 0.29) is 10.8 Å². The maximum Gasteiger partial charge on any atom is 0.142 e.